The van der Waals surface area contributed by atoms with Gasteiger partial charge in [-0.15, -0.1) is 11.3 Å². The summed E-state index contributed by atoms with van der Waals surface area (Å²) in [5, 5.41) is 5.91. The summed E-state index contributed by atoms with van der Waals surface area (Å²) in [4.78, 5) is 18.1. The standard InChI is InChI=1S/C12H19N3O2S/c16-11(1-2-12-14-4-10-18-12)13-3-5-15-6-8-17-9-7-15/h4,10H,1-3,5-9H2,(H,13,16). The second-order valence-electron chi connectivity index (χ2n) is 4.23. The molecule has 2 rings (SSSR count). The zero-order valence-corrected chi connectivity index (χ0v) is 11.2. The van der Waals surface area contributed by atoms with Crippen LogP contribution in [0.15, 0.2) is 11.6 Å². The highest BCUT2D eigenvalue weighted by Crippen LogP contribution is 2.06. The Morgan fingerprint density at radius 1 is 1.50 bits per heavy atom. The van der Waals surface area contributed by atoms with Gasteiger partial charge in [-0.3, -0.25) is 9.69 Å². The SMILES string of the molecule is O=C(CCc1nccs1)NCCN1CCOCC1. The molecule has 6 heteroatoms. The number of amides is 1. The molecule has 5 nitrogen and oxygen atoms in total. The van der Waals surface area contributed by atoms with E-state index in [4.69, 9.17) is 4.74 Å². The molecule has 1 aliphatic heterocycles. The Morgan fingerprint density at radius 2 is 2.33 bits per heavy atom. The van der Waals surface area contributed by atoms with E-state index in [2.05, 4.69) is 15.2 Å². The van der Waals surface area contributed by atoms with Crippen LogP contribution in [0, 0.1) is 0 Å². The Bertz CT molecular complexity index is 350. The van der Waals surface area contributed by atoms with Gasteiger partial charge in [0.15, 0.2) is 0 Å². The second-order valence-corrected chi connectivity index (χ2v) is 5.21. The topological polar surface area (TPSA) is 54.5 Å². The molecular weight excluding hydrogens is 250 g/mol. The van der Waals surface area contributed by atoms with Crippen LogP contribution in [-0.2, 0) is 16.0 Å². The number of thiazole rings is 1. The molecule has 0 unspecified atom stereocenters. The third kappa shape index (κ3) is 4.72. The summed E-state index contributed by atoms with van der Waals surface area (Å²) < 4.78 is 5.27. The van der Waals surface area contributed by atoms with E-state index in [-0.39, 0.29) is 5.91 Å². The zero-order valence-electron chi connectivity index (χ0n) is 10.4. The summed E-state index contributed by atoms with van der Waals surface area (Å²) in [6.45, 7) is 5.17. The number of hydrogen-bond donors (Lipinski definition) is 1. The number of nitrogens with one attached hydrogen (secondary N) is 1. The number of ether oxygens (including phenoxy) is 1. The lowest BCUT2D eigenvalue weighted by molar-refractivity contribution is -0.121. The minimum absolute atomic E-state index is 0.110. The Balaban J connectivity index is 1.54. The van der Waals surface area contributed by atoms with Crippen molar-refractivity contribution in [3.8, 4) is 0 Å². The van der Waals surface area contributed by atoms with Crippen LogP contribution in [0.4, 0.5) is 0 Å². The van der Waals surface area contributed by atoms with Crippen molar-refractivity contribution in [1.29, 1.82) is 0 Å². The monoisotopic (exact) mass is 269 g/mol. The molecular formula is C12H19N3O2S. The highest BCUT2D eigenvalue weighted by atomic mass is 32.1. The Kier molecular flexibility index (Phi) is 5.57. The van der Waals surface area contributed by atoms with Crippen molar-refractivity contribution in [2.75, 3.05) is 39.4 Å². The minimum atomic E-state index is 0.110. The fourth-order valence-corrected chi connectivity index (χ4v) is 2.48. The lowest BCUT2D eigenvalue weighted by Crippen LogP contribution is -2.41. The van der Waals surface area contributed by atoms with Gasteiger partial charge in [0, 0.05) is 50.6 Å². The summed E-state index contributed by atoms with van der Waals surface area (Å²) >= 11 is 1.60. The van der Waals surface area contributed by atoms with E-state index in [0.717, 1.165) is 50.8 Å². The van der Waals surface area contributed by atoms with Gasteiger partial charge in [-0.05, 0) is 0 Å². The number of morpholine rings is 1. The molecule has 2 heterocycles. The summed E-state index contributed by atoms with van der Waals surface area (Å²) in [7, 11) is 0. The van der Waals surface area contributed by atoms with Gasteiger partial charge in [0.1, 0.15) is 0 Å². The van der Waals surface area contributed by atoms with Gasteiger partial charge in [0.05, 0.1) is 18.2 Å². The largest absolute Gasteiger partial charge is 0.379 e. The molecule has 0 saturated carbocycles. The average Bonchev–Trinajstić information content (AvgIpc) is 2.91. The van der Waals surface area contributed by atoms with Crippen molar-refractivity contribution in [2.45, 2.75) is 12.8 Å². The number of aromatic nitrogens is 1. The molecule has 1 amide bonds. The van der Waals surface area contributed by atoms with Gasteiger partial charge < -0.3 is 10.1 Å². The Hall–Kier alpha value is -0.980. The predicted octanol–water partition coefficient (Wildman–Crippen LogP) is 0.524. The smallest absolute Gasteiger partial charge is 0.220 e. The van der Waals surface area contributed by atoms with Crippen molar-refractivity contribution >= 4 is 17.2 Å². The summed E-state index contributed by atoms with van der Waals surface area (Å²) in [5.41, 5.74) is 0. The molecule has 0 aromatic carbocycles. The normalized spacial score (nSPS) is 16.7. The second kappa shape index (κ2) is 7.45. The van der Waals surface area contributed by atoms with E-state index in [1.165, 1.54) is 0 Å². The maximum absolute atomic E-state index is 11.6. The van der Waals surface area contributed by atoms with Crippen LogP contribution in [0.25, 0.3) is 0 Å². The van der Waals surface area contributed by atoms with Crippen molar-refractivity contribution in [3.05, 3.63) is 16.6 Å². The molecule has 0 aliphatic carbocycles. The lowest BCUT2D eigenvalue weighted by Gasteiger charge is -2.26. The van der Waals surface area contributed by atoms with Crippen LogP contribution >= 0.6 is 11.3 Å². The number of rotatable bonds is 6. The third-order valence-electron chi connectivity index (χ3n) is 2.90. The highest BCUT2D eigenvalue weighted by molar-refractivity contribution is 7.09. The maximum Gasteiger partial charge on any atom is 0.220 e. The number of aryl methyl sites for hydroxylation is 1. The number of nitrogens with zero attached hydrogens (tertiary/aromatic N) is 2. The molecule has 0 atom stereocenters. The van der Waals surface area contributed by atoms with Gasteiger partial charge in [-0.1, -0.05) is 0 Å². The first-order valence-electron chi connectivity index (χ1n) is 6.30. The van der Waals surface area contributed by atoms with Crippen LogP contribution < -0.4 is 5.32 Å². The van der Waals surface area contributed by atoms with Gasteiger partial charge in [0.2, 0.25) is 5.91 Å². The van der Waals surface area contributed by atoms with Crippen LogP contribution in [0.3, 0.4) is 0 Å². The maximum atomic E-state index is 11.6. The van der Waals surface area contributed by atoms with Crippen LogP contribution in [0.1, 0.15) is 11.4 Å². The molecule has 0 radical (unpaired) electrons. The van der Waals surface area contributed by atoms with E-state index in [9.17, 15) is 4.79 Å². The Morgan fingerprint density at radius 3 is 3.06 bits per heavy atom. The van der Waals surface area contributed by atoms with Crippen LogP contribution in [0.5, 0.6) is 0 Å². The van der Waals surface area contributed by atoms with Gasteiger partial charge in [0.25, 0.3) is 0 Å². The molecule has 1 aliphatic rings. The first-order valence-corrected chi connectivity index (χ1v) is 7.18. The van der Waals surface area contributed by atoms with E-state index in [1.54, 1.807) is 17.5 Å². The molecule has 0 spiro atoms. The zero-order chi connectivity index (χ0) is 12.6. The lowest BCUT2D eigenvalue weighted by atomic mass is 10.3. The molecule has 0 bridgehead atoms. The molecule has 1 aromatic heterocycles. The van der Waals surface area contributed by atoms with Crippen LogP contribution in [-0.4, -0.2) is 55.2 Å². The summed E-state index contributed by atoms with van der Waals surface area (Å²) in [5.74, 6) is 0.110. The number of carbonyl (C=O) groups is 1. The first-order chi connectivity index (χ1) is 8.84. The van der Waals surface area contributed by atoms with Crippen molar-refractivity contribution in [1.82, 2.24) is 15.2 Å². The van der Waals surface area contributed by atoms with Crippen molar-refractivity contribution in [2.24, 2.45) is 0 Å². The minimum Gasteiger partial charge on any atom is -0.379 e. The molecule has 1 aromatic rings. The molecule has 18 heavy (non-hydrogen) atoms. The fraction of sp³-hybridized carbons (Fsp3) is 0.667. The molecule has 1 saturated heterocycles. The van der Waals surface area contributed by atoms with E-state index < -0.39 is 0 Å². The van der Waals surface area contributed by atoms with E-state index in [0.29, 0.717) is 6.42 Å². The van der Waals surface area contributed by atoms with Crippen molar-refractivity contribution < 1.29 is 9.53 Å². The first kappa shape index (κ1) is 13.5. The number of carbonyl (C=O) groups excluding carboxylic acids is 1. The molecule has 1 N–H and O–H groups in total. The fourth-order valence-electron chi connectivity index (χ4n) is 1.86. The average molecular weight is 269 g/mol. The van der Waals surface area contributed by atoms with Crippen molar-refractivity contribution in [3.63, 3.8) is 0 Å². The van der Waals surface area contributed by atoms with Gasteiger partial charge >= 0.3 is 0 Å². The summed E-state index contributed by atoms with van der Waals surface area (Å²) in [6.07, 6.45) is 3.04. The van der Waals surface area contributed by atoms with Gasteiger partial charge in [-0.2, -0.15) is 0 Å². The predicted molar refractivity (Wildman–Crippen MR) is 70.7 cm³/mol. The van der Waals surface area contributed by atoms with E-state index in [1.807, 2.05) is 5.38 Å². The summed E-state index contributed by atoms with van der Waals surface area (Å²) in [6, 6.07) is 0. The quantitative estimate of drug-likeness (QED) is 0.818. The Labute approximate surface area is 111 Å². The highest BCUT2D eigenvalue weighted by Gasteiger charge is 2.10. The van der Waals surface area contributed by atoms with Gasteiger partial charge in [-0.25, -0.2) is 4.98 Å². The van der Waals surface area contributed by atoms with Crippen LogP contribution in [0.2, 0.25) is 0 Å². The number of hydrogen-bond acceptors (Lipinski definition) is 5. The molecule has 100 valence electrons. The third-order valence-corrected chi connectivity index (χ3v) is 3.74. The molecule has 1 fully saturated rings. The van der Waals surface area contributed by atoms with E-state index >= 15 is 0 Å².